The van der Waals surface area contributed by atoms with Gasteiger partial charge < -0.3 is 19.6 Å². The van der Waals surface area contributed by atoms with Gasteiger partial charge in [0.2, 0.25) is 24.2 Å². The van der Waals surface area contributed by atoms with Gasteiger partial charge in [-0.1, -0.05) is 0 Å². The second-order valence-corrected chi connectivity index (χ2v) is 2.40. The van der Waals surface area contributed by atoms with Crippen LogP contribution in [0, 0.1) is 0 Å². The molecule has 1 aromatic rings. The zero-order chi connectivity index (χ0) is 8.55. The maximum absolute atomic E-state index is 10.5. The molecule has 0 saturated heterocycles. The lowest BCUT2D eigenvalue weighted by Gasteiger charge is -1.94. The van der Waals surface area contributed by atoms with Crippen LogP contribution in [-0.4, -0.2) is 12.7 Å². The lowest BCUT2D eigenvalue weighted by atomic mass is 10.3. The smallest absolute Gasteiger partial charge is 0.231 e. The first-order chi connectivity index (χ1) is 5.77. The topological polar surface area (TPSA) is 74.7 Å². The average molecular weight is 169 g/mol. The van der Waals surface area contributed by atoms with Gasteiger partial charge in [-0.3, -0.25) is 4.79 Å². The third-order valence-electron chi connectivity index (χ3n) is 1.54. The highest BCUT2D eigenvalue weighted by atomic mass is 16.7. The van der Waals surface area contributed by atoms with E-state index in [0.717, 1.165) is 0 Å². The number of carbonyl (C=O) groups is 1. The van der Waals surface area contributed by atoms with Crippen molar-refractivity contribution < 1.29 is 18.7 Å². The number of carbonyl (C=O) groups excluding carboxylic acids is 1. The maximum atomic E-state index is 10.5. The van der Waals surface area contributed by atoms with Gasteiger partial charge in [-0.25, -0.2) is 0 Å². The van der Waals surface area contributed by atoms with E-state index < -0.39 is 5.91 Å². The maximum Gasteiger partial charge on any atom is 0.231 e. The van der Waals surface area contributed by atoms with E-state index >= 15 is 0 Å². The highest BCUT2D eigenvalue weighted by molar-refractivity contribution is 5.77. The van der Waals surface area contributed by atoms with Crippen molar-refractivity contribution in [3.8, 4) is 11.5 Å². The SMILES string of the molecule is NC(=O)Cc1occ2c1OCO2. The molecule has 0 spiro atoms. The van der Waals surface area contributed by atoms with Crippen LogP contribution in [0.5, 0.6) is 11.5 Å². The summed E-state index contributed by atoms with van der Waals surface area (Å²) in [6, 6.07) is 0. The fraction of sp³-hybridized carbons (Fsp3) is 0.286. The van der Waals surface area contributed by atoms with Gasteiger partial charge in [0.05, 0.1) is 6.42 Å². The number of fused-ring (bicyclic) bond motifs is 1. The van der Waals surface area contributed by atoms with Crippen LogP contribution in [0.2, 0.25) is 0 Å². The molecule has 2 N–H and O–H groups in total. The molecule has 0 aromatic carbocycles. The number of rotatable bonds is 2. The fourth-order valence-electron chi connectivity index (χ4n) is 1.05. The largest absolute Gasteiger partial charge is 0.461 e. The van der Waals surface area contributed by atoms with Gasteiger partial charge in [-0.15, -0.1) is 0 Å². The van der Waals surface area contributed by atoms with Crippen LogP contribution in [-0.2, 0) is 11.2 Å². The molecule has 1 aromatic heterocycles. The summed E-state index contributed by atoms with van der Waals surface area (Å²) in [6.07, 6.45) is 1.44. The Kier molecular flexibility index (Phi) is 1.43. The second-order valence-electron chi connectivity index (χ2n) is 2.40. The molecule has 1 aliphatic rings. The van der Waals surface area contributed by atoms with Gasteiger partial charge in [0.25, 0.3) is 0 Å². The zero-order valence-corrected chi connectivity index (χ0v) is 6.20. The van der Waals surface area contributed by atoms with Crippen molar-refractivity contribution in [2.24, 2.45) is 5.73 Å². The minimum atomic E-state index is -0.456. The van der Waals surface area contributed by atoms with Gasteiger partial charge in [0.15, 0.2) is 5.76 Å². The Hall–Kier alpha value is -1.65. The van der Waals surface area contributed by atoms with Crippen LogP contribution in [0.3, 0.4) is 0 Å². The van der Waals surface area contributed by atoms with Crippen molar-refractivity contribution >= 4 is 5.91 Å². The van der Waals surface area contributed by atoms with Gasteiger partial charge >= 0.3 is 0 Å². The molecule has 0 atom stereocenters. The summed E-state index contributed by atoms with van der Waals surface area (Å²) in [6.45, 7) is 0.173. The standard InChI is InChI=1S/C7H7NO4/c8-6(9)1-4-7-5(2-10-4)11-3-12-7/h2H,1,3H2,(H2,8,9). The van der Waals surface area contributed by atoms with Crippen molar-refractivity contribution in [2.75, 3.05) is 6.79 Å². The van der Waals surface area contributed by atoms with Crippen LogP contribution in [0.4, 0.5) is 0 Å². The minimum absolute atomic E-state index is 0.0404. The number of hydrogen-bond donors (Lipinski definition) is 1. The summed E-state index contributed by atoms with van der Waals surface area (Å²) in [4.78, 5) is 10.5. The van der Waals surface area contributed by atoms with E-state index in [0.29, 0.717) is 17.3 Å². The minimum Gasteiger partial charge on any atom is -0.461 e. The normalized spacial score (nSPS) is 13.3. The van der Waals surface area contributed by atoms with Gasteiger partial charge in [0.1, 0.15) is 6.26 Å². The molecule has 5 heteroatoms. The number of nitrogens with two attached hydrogens (primary N) is 1. The number of hydrogen-bond acceptors (Lipinski definition) is 4. The van der Waals surface area contributed by atoms with Crippen LogP contribution in [0.1, 0.15) is 5.76 Å². The molecular formula is C7H7NO4. The first-order valence-electron chi connectivity index (χ1n) is 3.41. The van der Waals surface area contributed by atoms with Crippen LogP contribution >= 0.6 is 0 Å². The second kappa shape index (κ2) is 2.44. The molecule has 0 radical (unpaired) electrons. The monoisotopic (exact) mass is 169 g/mol. The number of ether oxygens (including phenoxy) is 2. The summed E-state index contributed by atoms with van der Waals surface area (Å²) in [5, 5.41) is 0. The molecule has 1 amide bonds. The van der Waals surface area contributed by atoms with E-state index in [2.05, 4.69) is 0 Å². The van der Waals surface area contributed by atoms with Gasteiger partial charge in [0, 0.05) is 0 Å². The van der Waals surface area contributed by atoms with Gasteiger partial charge in [-0.05, 0) is 0 Å². The quantitative estimate of drug-likeness (QED) is 0.678. The fourth-order valence-corrected chi connectivity index (χ4v) is 1.05. The molecule has 5 nitrogen and oxygen atoms in total. The molecule has 2 heterocycles. The first kappa shape index (κ1) is 7.02. The molecule has 12 heavy (non-hydrogen) atoms. The summed E-state index contributed by atoms with van der Waals surface area (Å²) in [5.41, 5.74) is 4.98. The number of furan rings is 1. The van der Waals surface area contributed by atoms with E-state index in [-0.39, 0.29) is 13.2 Å². The van der Waals surface area contributed by atoms with E-state index in [9.17, 15) is 4.79 Å². The first-order valence-corrected chi connectivity index (χ1v) is 3.41. The summed E-state index contributed by atoms with van der Waals surface area (Å²) in [7, 11) is 0. The van der Waals surface area contributed by atoms with Crippen molar-refractivity contribution in [3.63, 3.8) is 0 Å². The molecule has 0 fully saturated rings. The van der Waals surface area contributed by atoms with E-state index in [1.807, 2.05) is 0 Å². The lowest BCUT2D eigenvalue weighted by molar-refractivity contribution is -0.117. The molecule has 0 aliphatic carbocycles. The predicted octanol–water partition coefficient (Wildman–Crippen LogP) is 0.0361. The molecular weight excluding hydrogens is 162 g/mol. The molecule has 0 unspecified atom stereocenters. The Bertz CT molecular complexity index is 317. The highest BCUT2D eigenvalue weighted by Crippen LogP contribution is 2.37. The molecule has 64 valence electrons. The summed E-state index contributed by atoms with van der Waals surface area (Å²) in [5.74, 6) is 0.998. The Labute approximate surface area is 68.0 Å². The average Bonchev–Trinajstić information content (AvgIpc) is 2.52. The third-order valence-corrected chi connectivity index (χ3v) is 1.54. The van der Waals surface area contributed by atoms with E-state index in [4.69, 9.17) is 19.6 Å². The van der Waals surface area contributed by atoms with Crippen LogP contribution < -0.4 is 15.2 Å². The number of primary amides is 1. The molecule has 0 bridgehead atoms. The van der Waals surface area contributed by atoms with Crippen molar-refractivity contribution in [1.29, 1.82) is 0 Å². The zero-order valence-electron chi connectivity index (χ0n) is 6.20. The van der Waals surface area contributed by atoms with Crippen molar-refractivity contribution in [2.45, 2.75) is 6.42 Å². The summed E-state index contributed by atoms with van der Waals surface area (Å²) >= 11 is 0. The molecule has 2 rings (SSSR count). The Morgan fingerprint density at radius 2 is 2.42 bits per heavy atom. The molecule has 0 saturated carbocycles. The van der Waals surface area contributed by atoms with Crippen molar-refractivity contribution in [3.05, 3.63) is 12.0 Å². The summed E-state index contributed by atoms with van der Waals surface area (Å²) < 4.78 is 15.0. The Morgan fingerprint density at radius 1 is 1.58 bits per heavy atom. The predicted molar refractivity (Wildman–Crippen MR) is 37.7 cm³/mol. The van der Waals surface area contributed by atoms with E-state index in [1.165, 1.54) is 6.26 Å². The van der Waals surface area contributed by atoms with E-state index in [1.54, 1.807) is 0 Å². The Balaban J connectivity index is 2.27. The van der Waals surface area contributed by atoms with Crippen LogP contribution in [0.25, 0.3) is 0 Å². The Morgan fingerprint density at radius 3 is 3.17 bits per heavy atom. The highest BCUT2D eigenvalue weighted by Gasteiger charge is 2.22. The van der Waals surface area contributed by atoms with Crippen molar-refractivity contribution in [1.82, 2.24) is 0 Å². The number of amides is 1. The third kappa shape index (κ3) is 0.990. The van der Waals surface area contributed by atoms with Crippen LogP contribution in [0.15, 0.2) is 10.7 Å². The molecule has 1 aliphatic heterocycles. The van der Waals surface area contributed by atoms with Gasteiger partial charge in [-0.2, -0.15) is 0 Å². The lowest BCUT2D eigenvalue weighted by Crippen LogP contribution is -2.13.